The number of halogens is 1. The molecule has 0 bridgehead atoms. The maximum atomic E-state index is 15.7. The standard InChI is InChI=1S/C25H28FN3/c1-3-17-8-7-16(2)13-19(17)9-10-21-20(18-5-4-6-18)11-12-22(25(21)26)23-14-29-24(27)15-28-23/h3,8,11-16,18H,1,4-7,9-10H2,2H3,(H2,27,29). The van der Waals surface area contributed by atoms with Crippen molar-refractivity contribution in [2.24, 2.45) is 5.92 Å². The van der Waals surface area contributed by atoms with E-state index < -0.39 is 0 Å². The van der Waals surface area contributed by atoms with Crippen LogP contribution in [0.1, 0.15) is 56.1 Å². The fourth-order valence-electron chi connectivity index (χ4n) is 4.32. The first-order valence-corrected chi connectivity index (χ1v) is 10.5. The van der Waals surface area contributed by atoms with Crippen LogP contribution in [0.15, 0.2) is 60.5 Å². The summed E-state index contributed by atoms with van der Waals surface area (Å²) in [6, 6.07) is 3.95. The minimum atomic E-state index is -0.165. The molecule has 0 saturated heterocycles. The van der Waals surface area contributed by atoms with Crippen LogP contribution in [0.5, 0.6) is 0 Å². The summed E-state index contributed by atoms with van der Waals surface area (Å²) < 4.78 is 15.7. The molecule has 2 aliphatic rings. The lowest BCUT2D eigenvalue weighted by molar-refractivity contribution is 0.414. The molecule has 4 heteroatoms. The molecule has 2 N–H and O–H groups in total. The number of aromatic nitrogens is 2. The summed E-state index contributed by atoms with van der Waals surface area (Å²) >= 11 is 0. The fourth-order valence-corrected chi connectivity index (χ4v) is 4.32. The van der Waals surface area contributed by atoms with Crippen molar-refractivity contribution < 1.29 is 4.39 Å². The molecule has 0 spiro atoms. The van der Waals surface area contributed by atoms with E-state index in [1.165, 1.54) is 23.8 Å². The average Bonchev–Trinajstić information content (AvgIpc) is 2.67. The fraction of sp³-hybridized carbons (Fsp3) is 0.360. The highest BCUT2D eigenvalue weighted by Crippen LogP contribution is 2.41. The normalized spacial score (nSPS) is 19.3. The Morgan fingerprint density at radius 2 is 2.03 bits per heavy atom. The second-order valence-electron chi connectivity index (χ2n) is 8.22. The van der Waals surface area contributed by atoms with Crippen LogP contribution >= 0.6 is 0 Å². The lowest BCUT2D eigenvalue weighted by atomic mass is 9.76. The summed E-state index contributed by atoms with van der Waals surface area (Å²) in [4.78, 5) is 8.36. The highest BCUT2D eigenvalue weighted by molar-refractivity contribution is 5.62. The molecule has 0 aliphatic heterocycles. The summed E-state index contributed by atoms with van der Waals surface area (Å²) in [5.41, 5.74) is 11.1. The van der Waals surface area contributed by atoms with Crippen molar-refractivity contribution in [3.8, 4) is 11.3 Å². The number of rotatable bonds is 6. The Bertz CT molecular complexity index is 968. The summed E-state index contributed by atoms with van der Waals surface area (Å²) in [6.07, 6.45) is 15.5. The zero-order chi connectivity index (χ0) is 20.4. The molecule has 1 aromatic heterocycles. The van der Waals surface area contributed by atoms with Crippen molar-refractivity contribution in [2.45, 2.75) is 51.4 Å². The number of nitrogens with two attached hydrogens (primary N) is 1. The Labute approximate surface area is 172 Å². The second-order valence-corrected chi connectivity index (χ2v) is 8.22. The maximum absolute atomic E-state index is 15.7. The van der Waals surface area contributed by atoms with Gasteiger partial charge in [-0.25, -0.2) is 9.37 Å². The topological polar surface area (TPSA) is 51.8 Å². The number of benzene rings is 1. The van der Waals surface area contributed by atoms with E-state index in [1.807, 2.05) is 12.1 Å². The zero-order valence-corrected chi connectivity index (χ0v) is 17.0. The number of allylic oxidation sites excluding steroid dienone is 5. The van der Waals surface area contributed by atoms with Gasteiger partial charge < -0.3 is 5.73 Å². The predicted octanol–water partition coefficient (Wildman–Crippen LogP) is 6.14. The van der Waals surface area contributed by atoms with Crippen LogP contribution in [0.3, 0.4) is 0 Å². The first kappa shape index (κ1) is 19.6. The van der Waals surface area contributed by atoms with E-state index >= 15 is 4.39 Å². The number of nitrogens with zero attached hydrogens (tertiary/aromatic N) is 2. The van der Waals surface area contributed by atoms with Gasteiger partial charge in [-0.1, -0.05) is 44.2 Å². The van der Waals surface area contributed by atoms with E-state index in [1.54, 1.807) is 6.20 Å². The van der Waals surface area contributed by atoms with Crippen LogP contribution in [0.2, 0.25) is 0 Å². The first-order chi connectivity index (χ1) is 14.1. The molecule has 4 rings (SSSR count). The molecule has 0 radical (unpaired) electrons. The van der Waals surface area contributed by atoms with E-state index in [9.17, 15) is 0 Å². The van der Waals surface area contributed by atoms with Gasteiger partial charge in [0.1, 0.15) is 11.6 Å². The van der Waals surface area contributed by atoms with Crippen molar-refractivity contribution in [3.63, 3.8) is 0 Å². The van der Waals surface area contributed by atoms with Gasteiger partial charge in [0.05, 0.1) is 18.1 Å². The third kappa shape index (κ3) is 4.02. The van der Waals surface area contributed by atoms with Gasteiger partial charge in [-0.15, -0.1) is 0 Å². The van der Waals surface area contributed by atoms with Gasteiger partial charge in [-0.3, -0.25) is 4.98 Å². The van der Waals surface area contributed by atoms with E-state index in [2.05, 4.69) is 41.7 Å². The van der Waals surface area contributed by atoms with Gasteiger partial charge in [0.15, 0.2) is 0 Å². The molecule has 1 aromatic carbocycles. The van der Waals surface area contributed by atoms with Crippen molar-refractivity contribution in [1.82, 2.24) is 9.97 Å². The number of nitrogen functional groups attached to an aromatic ring is 1. The molecule has 3 nitrogen and oxygen atoms in total. The molecular weight excluding hydrogens is 361 g/mol. The summed E-state index contributed by atoms with van der Waals surface area (Å²) in [5, 5.41) is 0. The quantitative estimate of drug-likeness (QED) is 0.645. The first-order valence-electron chi connectivity index (χ1n) is 10.5. The molecule has 2 aromatic rings. The minimum absolute atomic E-state index is 0.165. The third-order valence-electron chi connectivity index (χ3n) is 6.20. The summed E-state index contributed by atoms with van der Waals surface area (Å²) in [5.74, 6) is 1.16. The van der Waals surface area contributed by atoms with Crippen molar-refractivity contribution in [2.75, 3.05) is 5.73 Å². The van der Waals surface area contributed by atoms with Gasteiger partial charge in [0.25, 0.3) is 0 Å². The molecule has 150 valence electrons. The number of hydrogen-bond acceptors (Lipinski definition) is 3. The minimum Gasteiger partial charge on any atom is -0.382 e. The Balaban J connectivity index is 1.68. The van der Waals surface area contributed by atoms with E-state index in [0.717, 1.165) is 36.8 Å². The molecule has 1 atom stereocenters. The maximum Gasteiger partial charge on any atom is 0.141 e. The Kier molecular flexibility index (Phi) is 5.61. The Morgan fingerprint density at radius 3 is 2.69 bits per heavy atom. The highest BCUT2D eigenvalue weighted by Gasteiger charge is 2.26. The molecule has 0 amide bonds. The second kappa shape index (κ2) is 8.32. The monoisotopic (exact) mass is 389 g/mol. The summed E-state index contributed by atoms with van der Waals surface area (Å²) in [7, 11) is 0. The molecule has 29 heavy (non-hydrogen) atoms. The zero-order valence-electron chi connectivity index (χ0n) is 17.0. The largest absolute Gasteiger partial charge is 0.382 e. The van der Waals surface area contributed by atoms with Crippen LogP contribution in [-0.2, 0) is 6.42 Å². The van der Waals surface area contributed by atoms with E-state index in [4.69, 9.17) is 5.73 Å². The van der Waals surface area contributed by atoms with Gasteiger partial charge in [-0.2, -0.15) is 0 Å². The Morgan fingerprint density at radius 1 is 1.21 bits per heavy atom. The van der Waals surface area contributed by atoms with Crippen molar-refractivity contribution in [3.05, 3.63) is 77.4 Å². The van der Waals surface area contributed by atoms with Gasteiger partial charge in [0, 0.05) is 5.56 Å². The molecule has 1 saturated carbocycles. The van der Waals surface area contributed by atoms with Crippen molar-refractivity contribution >= 4 is 5.82 Å². The van der Waals surface area contributed by atoms with Gasteiger partial charge in [-0.05, 0) is 72.3 Å². The summed E-state index contributed by atoms with van der Waals surface area (Å²) in [6.45, 7) is 6.17. The molecular formula is C25H28FN3. The Hall–Kier alpha value is -2.75. The van der Waals surface area contributed by atoms with E-state index in [-0.39, 0.29) is 5.82 Å². The molecule has 2 aliphatic carbocycles. The SMILES string of the molecule is C=CC1=CCC(C)C=C1CCc1c(C2CCC2)ccc(-c2cnc(N)cn2)c1F. The van der Waals surface area contributed by atoms with Crippen LogP contribution in [-0.4, -0.2) is 9.97 Å². The van der Waals surface area contributed by atoms with Crippen LogP contribution in [0, 0.1) is 11.7 Å². The number of hydrogen-bond donors (Lipinski definition) is 1. The van der Waals surface area contributed by atoms with Gasteiger partial charge >= 0.3 is 0 Å². The molecule has 1 unspecified atom stereocenters. The third-order valence-corrected chi connectivity index (χ3v) is 6.20. The highest BCUT2D eigenvalue weighted by atomic mass is 19.1. The van der Waals surface area contributed by atoms with Crippen LogP contribution < -0.4 is 5.73 Å². The predicted molar refractivity (Wildman–Crippen MR) is 117 cm³/mol. The smallest absolute Gasteiger partial charge is 0.141 e. The van der Waals surface area contributed by atoms with Gasteiger partial charge in [0.2, 0.25) is 0 Å². The number of anilines is 1. The van der Waals surface area contributed by atoms with E-state index in [0.29, 0.717) is 35.3 Å². The average molecular weight is 390 g/mol. The lowest BCUT2D eigenvalue weighted by Crippen LogP contribution is -2.13. The van der Waals surface area contributed by atoms with Crippen LogP contribution in [0.4, 0.5) is 10.2 Å². The van der Waals surface area contributed by atoms with Crippen molar-refractivity contribution in [1.29, 1.82) is 0 Å². The van der Waals surface area contributed by atoms with Crippen LogP contribution in [0.25, 0.3) is 11.3 Å². The molecule has 1 fully saturated rings. The lowest BCUT2D eigenvalue weighted by Gasteiger charge is -2.29. The molecule has 1 heterocycles.